The van der Waals surface area contributed by atoms with Crippen molar-refractivity contribution >= 4 is 34.2 Å². The average molecular weight is 315 g/mol. The molecule has 0 atom stereocenters. The van der Waals surface area contributed by atoms with Crippen LogP contribution < -0.4 is 11.3 Å². The molecule has 0 aliphatic rings. The van der Waals surface area contributed by atoms with Crippen LogP contribution in [0.2, 0.25) is 5.02 Å². The van der Waals surface area contributed by atoms with Crippen LogP contribution in [-0.4, -0.2) is 15.6 Å². The van der Waals surface area contributed by atoms with E-state index in [2.05, 4.69) is 0 Å². The number of pyridine rings is 1. The molecule has 0 bridgehead atoms. The zero-order chi connectivity index (χ0) is 15.9. The number of nitrogens with zero attached hydrogens (tertiary/aromatic N) is 1. The third-order valence-electron chi connectivity index (χ3n) is 3.35. The summed E-state index contributed by atoms with van der Waals surface area (Å²) in [5.41, 5.74) is 6.34. The lowest BCUT2D eigenvalue weighted by Gasteiger charge is -2.12. The minimum absolute atomic E-state index is 0.299. The van der Waals surface area contributed by atoms with Crippen molar-refractivity contribution < 1.29 is 9.90 Å². The third kappa shape index (κ3) is 2.31. The second-order valence-corrected chi connectivity index (χ2v) is 5.23. The zero-order valence-corrected chi connectivity index (χ0v) is 12.0. The first-order chi connectivity index (χ1) is 10.5. The van der Waals surface area contributed by atoms with E-state index in [1.54, 1.807) is 42.5 Å². The van der Waals surface area contributed by atoms with E-state index in [1.165, 1.54) is 10.6 Å². The van der Waals surface area contributed by atoms with Gasteiger partial charge in [-0.05, 0) is 47.9 Å². The Morgan fingerprint density at radius 1 is 1.09 bits per heavy atom. The molecule has 1 heterocycles. The van der Waals surface area contributed by atoms with Crippen molar-refractivity contribution in [2.24, 2.45) is 0 Å². The molecule has 3 aromatic rings. The van der Waals surface area contributed by atoms with Crippen molar-refractivity contribution in [3.63, 3.8) is 0 Å². The van der Waals surface area contributed by atoms with Gasteiger partial charge in [0.05, 0.1) is 5.52 Å². The number of benzene rings is 2. The summed E-state index contributed by atoms with van der Waals surface area (Å²) in [5.74, 6) is -1.27. The quantitative estimate of drug-likeness (QED) is 0.712. The monoisotopic (exact) mass is 314 g/mol. The summed E-state index contributed by atoms with van der Waals surface area (Å²) >= 11 is 6.01. The fourth-order valence-corrected chi connectivity index (χ4v) is 2.48. The lowest BCUT2D eigenvalue weighted by molar-refractivity contribution is 0.0695. The third-order valence-corrected chi connectivity index (χ3v) is 3.58. The molecule has 1 aromatic heterocycles. The summed E-state index contributed by atoms with van der Waals surface area (Å²) in [6.07, 6.45) is 0. The van der Waals surface area contributed by atoms with Crippen LogP contribution in [0.4, 0.5) is 5.69 Å². The van der Waals surface area contributed by atoms with Crippen LogP contribution in [0.1, 0.15) is 10.4 Å². The number of aromatic nitrogens is 1. The molecule has 3 rings (SSSR count). The summed E-state index contributed by atoms with van der Waals surface area (Å²) < 4.78 is 1.32. The molecule has 0 fully saturated rings. The Balaban J connectivity index is 2.46. The fourth-order valence-electron chi connectivity index (χ4n) is 2.31. The van der Waals surface area contributed by atoms with Crippen LogP contribution in [0, 0.1) is 0 Å². The summed E-state index contributed by atoms with van der Waals surface area (Å²) in [4.78, 5) is 23.8. The van der Waals surface area contributed by atoms with Crippen molar-refractivity contribution in [1.82, 2.24) is 4.57 Å². The number of carboxylic acid groups (broad SMARTS) is 1. The SMILES string of the molecule is Nc1ccc(-n2c(=O)c(C(=O)O)cc3ccc(Cl)cc32)cc1. The highest BCUT2D eigenvalue weighted by Crippen LogP contribution is 2.22. The van der Waals surface area contributed by atoms with Crippen LogP contribution in [0.5, 0.6) is 0 Å². The number of rotatable bonds is 2. The molecule has 110 valence electrons. The molecule has 6 heteroatoms. The van der Waals surface area contributed by atoms with Crippen LogP contribution in [0.3, 0.4) is 0 Å². The Kier molecular flexibility index (Phi) is 3.35. The first-order valence-corrected chi connectivity index (χ1v) is 6.80. The van der Waals surface area contributed by atoms with Crippen LogP contribution in [0.15, 0.2) is 53.3 Å². The van der Waals surface area contributed by atoms with Gasteiger partial charge in [0.2, 0.25) is 0 Å². The molecule has 0 spiro atoms. The summed E-state index contributed by atoms with van der Waals surface area (Å²) in [6.45, 7) is 0. The van der Waals surface area contributed by atoms with Gasteiger partial charge in [-0.25, -0.2) is 4.79 Å². The smallest absolute Gasteiger partial charge is 0.341 e. The maximum Gasteiger partial charge on any atom is 0.341 e. The minimum Gasteiger partial charge on any atom is -0.477 e. The van der Waals surface area contributed by atoms with Gasteiger partial charge in [0.25, 0.3) is 5.56 Å². The van der Waals surface area contributed by atoms with Crippen LogP contribution in [0.25, 0.3) is 16.6 Å². The summed E-state index contributed by atoms with van der Waals surface area (Å²) in [7, 11) is 0. The Morgan fingerprint density at radius 3 is 2.41 bits per heavy atom. The number of nitrogen functional groups attached to an aromatic ring is 1. The molecule has 0 amide bonds. The highest BCUT2D eigenvalue weighted by molar-refractivity contribution is 6.31. The Hall–Kier alpha value is -2.79. The minimum atomic E-state index is -1.27. The Bertz CT molecular complexity index is 946. The standard InChI is InChI=1S/C16H11ClN2O3/c17-10-2-1-9-7-13(16(21)22)15(20)19(14(9)8-10)12-5-3-11(18)4-6-12/h1-8H,18H2,(H,21,22). The second-order valence-electron chi connectivity index (χ2n) is 4.80. The number of nitrogens with two attached hydrogens (primary N) is 1. The lowest BCUT2D eigenvalue weighted by atomic mass is 10.1. The number of hydrogen-bond donors (Lipinski definition) is 2. The molecule has 0 saturated heterocycles. The van der Waals surface area contributed by atoms with E-state index in [-0.39, 0.29) is 5.56 Å². The molecular formula is C16H11ClN2O3. The van der Waals surface area contributed by atoms with E-state index < -0.39 is 11.5 Å². The number of carbonyl (C=O) groups is 1. The molecule has 0 radical (unpaired) electrons. The van der Waals surface area contributed by atoms with Gasteiger partial charge in [-0.15, -0.1) is 0 Å². The van der Waals surface area contributed by atoms with Crippen molar-refractivity contribution in [3.8, 4) is 5.69 Å². The lowest BCUT2D eigenvalue weighted by Crippen LogP contribution is -2.25. The van der Waals surface area contributed by atoms with Gasteiger partial charge in [0.15, 0.2) is 0 Å². The number of fused-ring (bicyclic) bond motifs is 1. The van der Waals surface area contributed by atoms with E-state index in [0.29, 0.717) is 27.3 Å². The van der Waals surface area contributed by atoms with Crippen LogP contribution >= 0.6 is 11.6 Å². The topological polar surface area (TPSA) is 85.3 Å². The largest absolute Gasteiger partial charge is 0.477 e. The predicted molar refractivity (Wildman–Crippen MR) is 85.9 cm³/mol. The molecular weight excluding hydrogens is 304 g/mol. The average Bonchev–Trinajstić information content (AvgIpc) is 2.48. The molecule has 0 saturated carbocycles. The van der Waals surface area contributed by atoms with Crippen molar-refractivity contribution in [2.45, 2.75) is 0 Å². The summed E-state index contributed by atoms with van der Waals surface area (Å²) in [6, 6.07) is 12.9. The van der Waals surface area contributed by atoms with E-state index in [1.807, 2.05) is 0 Å². The van der Waals surface area contributed by atoms with Gasteiger partial charge in [-0.2, -0.15) is 0 Å². The number of halogens is 1. The Labute approximate surface area is 130 Å². The number of hydrogen-bond acceptors (Lipinski definition) is 3. The van der Waals surface area contributed by atoms with E-state index >= 15 is 0 Å². The normalized spacial score (nSPS) is 10.8. The van der Waals surface area contributed by atoms with Gasteiger partial charge in [-0.3, -0.25) is 9.36 Å². The van der Waals surface area contributed by atoms with Gasteiger partial charge in [-0.1, -0.05) is 17.7 Å². The van der Waals surface area contributed by atoms with Gasteiger partial charge in [0.1, 0.15) is 5.56 Å². The van der Waals surface area contributed by atoms with E-state index in [4.69, 9.17) is 17.3 Å². The summed E-state index contributed by atoms with van der Waals surface area (Å²) in [5, 5.41) is 10.3. The molecule has 0 unspecified atom stereocenters. The molecule has 0 aliphatic carbocycles. The van der Waals surface area contributed by atoms with Crippen molar-refractivity contribution in [1.29, 1.82) is 0 Å². The fraction of sp³-hybridized carbons (Fsp3) is 0. The number of carboxylic acids is 1. The number of anilines is 1. The maximum absolute atomic E-state index is 12.5. The van der Waals surface area contributed by atoms with E-state index in [9.17, 15) is 14.7 Å². The molecule has 22 heavy (non-hydrogen) atoms. The van der Waals surface area contributed by atoms with E-state index in [0.717, 1.165) is 0 Å². The first-order valence-electron chi connectivity index (χ1n) is 6.42. The second kappa shape index (κ2) is 5.20. The first kappa shape index (κ1) is 14.2. The van der Waals surface area contributed by atoms with Gasteiger partial charge >= 0.3 is 5.97 Å². The predicted octanol–water partition coefficient (Wildman–Crippen LogP) is 2.92. The zero-order valence-electron chi connectivity index (χ0n) is 11.3. The van der Waals surface area contributed by atoms with Gasteiger partial charge < -0.3 is 10.8 Å². The number of aromatic carboxylic acids is 1. The van der Waals surface area contributed by atoms with Crippen molar-refractivity contribution in [2.75, 3.05) is 5.73 Å². The Morgan fingerprint density at radius 2 is 1.77 bits per heavy atom. The highest BCUT2D eigenvalue weighted by Gasteiger charge is 2.16. The molecule has 2 aromatic carbocycles. The molecule has 0 aliphatic heterocycles. The van der Waals surface area contributed by atoms with Gasteiger partial charge in [0, 0.05) is 16.4 Å². The molecule has 3 N–H and O–H groups in total. The van der Waals surface area contributed by atoms with Crippen LogP contribution in [-0.2, 0) is 0 Å². The highest BCUT2D eigenvalue weighted by atomic mass is 35.5. The molecule has 5 nitrogen and oxygen atoms in total. The van der Waals surface area contributed by atoms with Crippen molar-refractivity contribution in [3.05, 3.63) is 69.5 Å². The maximum atomic E-state index is 12.5.